The molecule has 0 aromatic carbocycles. The van der Waals surface area contributed by atoms with Crippen LogP contribution < -0.4 is 5.32 Å². The molecular weight excluding hydrogens is 224 g/mol. The van der Waals surface area contributed by atoms with Gasteiger partial charge in [0, 0.05) is 44.1 Å². The first kappa shape index (κ1) is 13.6. The van der Waals surface area contributed by atoms with Gasteiger partial charge in [0.1, 0.15) is 0 Å². The highest BCUT2D eigenvalue weighted by atomic mass is 15.3. The third-order valence-electron chi connectivity index (χ3n) is 3.78. The maximum absolute atomic E-state index is 4.28. The maximum atomic E-state index is 4.28. The van der Waals surface area contributed by atoms with Crippen LogP contribution in [0.15, 0.2) is 18.5 Å². The van der Waals surface area contributed by atoms with Gasteiger partial charge in [-0.2, -0.15) is 5.10 Å². The molecule has 1 N–H and O–H groups in total. The molecule has 1 fully saturated rings. The Bertz CT molecular complexity index is 352. The summed E-state index contributed by atoms with van der Waals surface area (Å²) in [5.41, 5.74) is 0.317. The fourth-order valence-electron chi connectivity index (χ4n) is 2.75. The zero-order valence-electron chi connectivity index (χ0n) is 12.1. The molecule has 0 spiro atoms. The first-order valence-electron chi connectivity index (χ1n) is 6.91. The van der Waals surface area contributed by atoms with Gasteiger partial charge < -0.3 is 5.32 Å². The van der Waals surface area contributed by atoms with E-state index in [9.17, 15) is 0 Å². The second-order valence-corrected chi connectivity index (χ2v) is 6.46. The molecule has 4 heteroatoms. The first-order valence-corrected chi connectivity index (χ1v) is 6.91. The molecule has 18 heavy (non-hydrogen) atoms. The van der Waals surface area contributed by atoms with Crippen molar-refractivity contribution in [2.45, 2.75) is 46.3 Å². The van der Waals surface area contributed by atoms with Gasteiger partial charge in [-0.1, -0.05) is 20.8 Å². The van der Waals surface area contributed by atoms with Crippen LogP contribution in [0.2, 0.25) is 0 Å². The molecule has 0 bridgehead atoms. The quantitative estimate of drug-likeness (QED) is 0.884. The van der Waals surface area contributed by atoms with Crippen LogP contribution in [-0.2, 0) is 6.54 Å². The lowest BCUT2D eigenvalue weighted by atomic mass is 9.84. The zero-order valence-corrected chi connectivity index (χ0v) is 12.1. The van der Waals surface area contributed by atoms with Crippen LogP contribution in [0, 0.1) is 5.41 Å². The Hall–Kier alpha value is -0.870. The largest absolute Gasteiger partial charge is 0.311 e. The van der Waals surface area contributed by atoms with Crippen molar-refractivity contribution in [2.75, 3.05) is 19.6 Å². The molecule has 1 saturated heterocycles. The highest BCUT2D eigenvalue weighted by molar-refractivity contribution is 4.91. The minimum atomic E-state index is 0.317. The average Bonchev–Trinajstić information content (AvgIpc) is 2.77. The van der Waals surface area contributed by atoms with Crippen molar-refractivity contribution in [1.29, 1.82) is 0 Å². The topological polar surface area (TPSA) is 33.1 Å². The van der Waals surface area contributed by atoms with Crippen molar-refractivity contribution in [1.82, 2.24) is 20.0 Å². The van der Waals surface area contributed by atoms with Gasteiger partial charge in [0.15, 0.2) is 0 Å². The second-order valence-electron chi connectivity index (χ2n) is 6.46. The summed E-state index contributed by atoms with van der Waals surface area (Å²) in [5.74, 6) is 0. The van der Waals surface area contributed by atoms with Crippen molar-refractivity contribution in [2.24, 2.45) is 5.41 Å². The van der Waals surface area contributed by atoms with Crippen molar-refractivity contribution < 1.29 is 0 Å². The lowest BCUT2D eigenvalue weighted by molar-refractivity contribution is 0.0554. The minimum Gasteiger partial charge on any atom is -0.311 e. The van der Waals surface area contributed by atoms with Crippen molar-refractivity contribution in [3.63, 3.8) is 0 Å². The number of aromatic nitrogens is 2. The predicted molar refractivity (Wildman–Crippen MR) is 74.5 cm³/mol. The molecule has 1 aliphatic rings. The van der Waals surface area contributed by atoms with Crippen molar-refractivity contribution >= 4 is 0 Å². The van der Waals surface area contributed by atoms with E-state index in [1.807, 2.05) is 23.1 Å². The summed E-state index contributed by atoms with van der Waals surface area (Å²) < 4.78 is 2.02. The van der Waals surface area contributed by atoms with Crippen molar-refractivity contribution in [3.8, 4) is 0 Å². The summed E-state index contributed by atoms with van der Waals surface area (Å²) in [4.78, 5) is 2.61. The number of hydrogen-bond donors (Lipinski definition) is 1. The van der Waals surface area contributed by atoms with E-state index < -0.39 is 0 Å². The Morgan fingerprint density at radius 2 is 2.11 bits per heavy atom. The molecule has 2 unspecified atom stereocenters. The molecule has 2 heterocycles. The molecular formula is C14H26N4. The molecule has 0 amide bonds. The van der Waals surface area contributed by atoms with Gasteiger partial charge in [0.05, 0.1) is 6.54 Å². The van der Waals surface area contributed by atoms with Crippen LogP contribution in [0.3, 0.4) is 0 Å². The van der Waals surface area contributed by atoms with Crippen LogP contribution in [-0.4, -0.2) is 46.4 Å². The fraction of sp³-hybridized carbons (Fsp3) is 0.786. The van der Waals surface area contributed by atoms with E-state index in [-0.39, 0.29) is 0 Å². The van der Waals surface area contributed by atoms with E-state index in [2.05, 4.69) is 43.0 Å². The Balaban J connectivity index is 1.97. The van der Waals surface area contributed by atoms with Gasteiger partial charge in [-0.05, 0) is 18.4 Å². The Morgan fingerprint density at radius 1 is 1.33 bits per heavy atom. The molecule has 0 aliphatic carbocycles. The average molecular weight is 250 g/mol. The minimum absolute atomic E-state index is 0.317. The maximum Gasteiger partial charge on any atom is 0.0536 e. The van der Waals surface area contributed by atoms with Gasteiger partial charge >= 0.3 is 0 Å². The predicted octanol–water partition coefficient (Wildman–Crippen LogP) is 1.59. The van der Waals surface area contributed by atoms with Crippen LogP contribution in [0.1, 0.15) is 27.7 Å². The fourth-order valence-corrected chi connectivity index (χ4v) is 2.75. The smallest absolute Gasteiger partial charge is 0.0536 e. The van der Waals surface area contributed by atoms with Crippen LogP contribution in [0.5, 0.6) is 0 Å². The second kappa shape index (κ2) is 5.41. The molecule has 2 rings (SSSR count). The molecule has 102 valence electrons. The summed E-state index contributed by atoms with van der Waals surface area (Å²) in [6.45, 7) is 13.5. The van der Waals surface area contributed by atoms with Gasteiger partial charge in [0.25, 0.3) is 0 Å². The molecule has 1 aromatic heterocycles. The summed E-state index contributed by atoms with van der Waals surface area (Å²) in [6, 6.07) is 3.17. The molecule has 0 saturated carbocycles. The third-order valence-corrected chi connectivity index (χ3v) is 3.78. The standard InChI is InChI=1S/C14H26N4/c1-12-11-17(8-9-18-7-5-6-16-18)13(10-15-12)14(2,3)4/h5-7,12-13,15H,8-11H2,1-4H3. The van der Waals surface area contributed by atoms with Gasteiger partial charge in [-0.25, -0.2) is 0 Å². The molecule has 1 aliphatic heterocycles. The van der Waals surface area contributed by atoms with Gasteiger partial charge in [-0.3, -0.25) is 9.58 Å². The van der Waals surface area contributed by atoms with Crippen LogP contribution in [0.25, 0.3) is 0 Å². The van der Waals surface area contributed by atoms with Crippen LogP contribution in [0.4, 0.5) is 0 Å². The summed E-state index contributed by atoms with van der Waals surface area (Å²) >= 11 is 0. The first-order chi connectivity index (χ1) is 8.47. The number of nitrogens with one attached hydrogen (secondary N) is 1. The third kappa shape index (κ3) is 3.33. The van der Waals surface area contributed by atoms with Crippen molar-refractivity contribution in [3.05, 3.63) is 18.5 Å². The van der Waals surface area contributed by atoms with E-state index >= 15 is 0 Å². The number of rotatable bonds is 3. The lowest BCUT2D eigenvalue weighted by Gasteiger charge is -2.45. The molecule has 2 atom stereocenters. The van der Waals surface area contributed by atoms with Crippen LogP contribution >= 0.6 is 0 Å². The molecule has 4 nitrogen and oxygen atoms in total. The lowest BCUT2D eigenvalue weighted by Crippen LogP contribution is -2.60. The number of hydrogen-bond acceptors (Lipinski definition) is 3. The normalized spacial score (nSPS) is 26.4. The summed E-state index contributed by atoms with van der Waals surface area (Å²) in [5, 5.41) is 7.88. The summed E-state index contributed by atoms with van der Waals surface area (Å²) in [6.07, 6.45) is 3.89. The number of piperazine rings is 1. The Kier molecular flexibility index (Phi) is 4.07. The number of nitrogens with zero attached hydrogens (tertiary/aromatic N) is 3. The van der Waals surface area contributed by atoms with E-state index in [1.54, 1.807) is 0 Å². The van der Waals surface area contributed by atoms with E-state index in [1.165, 1.54) is 0 Å². The SMILES string of the molecule is CC1CN(CCn2cccn2)C(C(C)(C)C)CN1. The highest BCUT2D eigenvalue weighted by Crippen LogP contribution is 2.26. The molecule has 1 aromatic rings. The van der Waals surface area contributed by atoms with Gasteiger partial charge in [-0.15, -0.1) is 0 Å². The van der Waals surface area contributed by atoms with Gasteiger partial charge in [0.2, 0.25) is 0 Å². The van der Waals surface area contributed by atoms with E-state index in [0.717, 1.165) is 26.2 Å². The zero-order chi connectivity index (χ0) is 13.2. The summed E-state index contributed by atoms with van der Waals surface area (Å²) in [7, 11) is 0. The monoisotopic (exact) mass is 250 g/mol. The highest BCUT2D eigenvalue weighted by Gasteiger charge is 2.33. The Labute approximate surface area is 110 Å². The molecule has 0 radical (unpaired) electrons. The Morgan fingerprint density at radius 3 is 2.72 bits per heavy atom. The van der Waals surface area contributed by atoms with E-state index in [0.29, 0.717) is 17.5 Å². The van der Waals surface area contributed by atoms with E-state index in [4.69, 9.17) is 0 Å².